The summed E-state index contributed by atoms with van der Waals surface area (Å²) in [5.74, 6) is 0.506. The third-order valence-corrected chi connectivity index (χ3v) is 5.50. The number of nitrogens with one attached hydrogen (secondary N) is 1. The standard InChI is InChI=1S/C11H22ClNO2S/c1-2-10(8-9-12)13-16(14,15)11-6-4-3-5-7-11/h10-11,13H,2-9H2,1H3. The van der Waals surface area contributed by atoms with E-state index in [-0.39, 0.29) is 11.3 Å². The van der Waals surface area contributed by atoms with Crippen LogP contribution in [0, 0.1) is 0 Å². The second-order valence-corrected chi connectivity index (χ2v) is 6.88. The van der Waals surface area contributed by atoms with E-state index < -0.39 is 10.0 Å². The van der Waals surface area contributed by atoms with Gasteiger partial charge in [-0.1, -0.05) is 26.2 Å². The predicted molar refractivity (Wildman–Crippen MR) is 68.3 cm³/mol. The van der Waals surface area contributed by atoms with Crippen molar-refractivity contribution in [2.24, 2.45) is 0 Å². The monoisotopic (exact) mass is 267 g/mol. The molecule has 1 atom stereocenters. The first-order valence-corrected chi connectivity index (χ1v) is 8.25. The van der Waals surface area contributed by atoms with Gasteiger partial charge in [0.15, 0.2) is 0 Å². The maximum Gasteiger partial charge on any atom is 0.214 e. The first-order valence-electron chi connectivity index (χ1n) is 6.17. The highest BCUT2D eigenvalue weighted by Crippen LogP contribution is 2.23. The van der Waals surface area contributed by atoms with E-state index >= 15 is 0 Å². The maximum absolute atomic E-state index is 12.1. The van der Waals surface area contributed by atoms with Gasteiger partial charge in [0, 0.05) is 11.9 Å². The number of rotatable bonds is 6. The number of alkyl halides is 1. The quantitative estimate of drug-likeness (QED) is 0.752. The lowest BCUT2D eigenvalue weighted by Crippen LogP contribution is -2.41. The molecule has 1 aliphatic carbocycles. The minimum absolute atomic E-state index is 0.00410. The third-order valence-electron chi connectivity index (χ3n) is 3.27. The molecule has 0 radical (unpaired) electrons. The van der Waals surface area contributed by atoms with Crippen molar-refractivity contribution in [2.75, 3.05) is 5.88 Å². The van der Waals surface area contributed by atoms with Crippen LogP contribution in [-0.2, 0) is 10.0 Å². The smallest absolute Gasteiger partial charge is 0.212 e. The van der Waals surface area contributed by atoms with Gasteiger partial charge in [-0.05, 0) is 25.7 Å². The molecule has 0 amide bonds. The molecular formula is C11H22ClNO2S. The van der Waals surface area contributed by atoms with Crippen molar-refractivity contribution in [1.82, 2.24) is 4.72 Å². The largest absolute Gasteiger partial charge is 0.214 e. The summed E-state index contributed by atoms with van der Waals surface area (Å²) in [5, 5.41) is -0.175. The normalized spacial score (nSPS) is 20.9. The Kier molecular flexibility index (Phi) is 6.08. The van der Waals surface area contributed by atoms with E-state index in [9.17, 15) is 8.42 Å². The second kappa shape index (κ2) is 6.82. The van der Waals surface area contributed by atoms with E-state index in [2.05, 4.69) is 4.72 Å². The summed E-state index contributed by atoms with van der Waals surface area (Å²) >= 11 is 5.65. The zero-order chi connectivity index (χ0) is 12.0. The average molecular weight is 268 g/mol. The van der Waals surface area contributed by atoms with Crippen LogP contribution in [0.15, 0.2) is 0 Å². The van der Waals surface area contributed by atoms with Gasteiger partial charge in [0.1, 0.15) is 0 Å². The molecule has 0 aromatic carbocycles. The van der Waals surface area contributed by atoms with Crippen LogP contribution >= 0.6 is 11.6 Å². The lowest BCUT2D eigenvalue weighted by molar-refractivity contribution is 0.465. The molecule has 96 valence electrons. The van der Waals surface area contributed by atoms with E-state index in [1.807, 2.05) is 6.92 Å². The molecule has 1 aliphatic rings. The molecule has 0 aromatic rings. The maximum atomic E-state index is 12.1. The van der Waals surface area contributed by atoms with E-state index in [0.717, 1.165) is 32.1 Å². The summed E-state index contributed by atoms with van der Waals surface area (Å²) in [5.41, 5.74) is 0. The Labute approximate surface area is 104 Å². The molecule has 5 heteroatoms. The zero-order valence-electron chi connectivity index (χ0n) is 9.91. The molecule has 1 N–H and O–H groups in total. The van der Waals surface area contributed by atoms with Gasteiger partial charge in [-0.15, -0.1) is 11.6 Å². The van der Waals surface area contributed by atoms with Gasteiger partial charge >= 0.3 is 0 Å². The molecule has 0 aliphatic heterocycles. The second-order valence-electron chi connectivity index (χ2n) is 4.51. The summed E-state index contributed by atoms with van der Waals surface area (Å²) in [6, 6.07) is 0.00410. The van der Waals surface area contributed by atoms with E-state index in [4.69, 9.17) is 11.6 Å². The lowest BCUT2D eigenvalue weighted by atomic mass is 10.0. The molecule has 0 saturated heterocycles. The van der Waals surface area contributed by atoms with Gasteiger partial charge in [-0.25, -0.2) is 13.1 Å². The molecule has 16 heavy (non-hydrogen) atoms. The SMILES string of the molecule is CCC(CCCl)NS(=O)(=O)C1CCCCC1. The fraction of sp³-hybridized carbons (Fsp3) is 1.00. The Balaban J connectivity index is 2.54. The highest BCUT2D eigenvalue weighted by Gasteiger charge is 2.28. The predicted octanol–water partition coefficient (Wildman–Crippen LogP) is 2.65. The fourth-order valence-corrected chi connectivity index (χ4v) is 4.34. The van der Waals surface area contributed by atoms with Gasteiger partial charge < -0.3 is 0 Å². The zero-order valence-corrected chi connectivity index (χ0v) is 11.5. The molecule has 1 fully saturated rings. The first-order chi connectivity index (χ1) is 7.60. The van der Waals surface area contributed by atoms with Crippen molar-refractivity contribution in [3.63, 3.8) is 0 Å². The minimum Gasteiger partial charge on any atom is -0.212 e. The number of hydrogen-bond donors (Lipinski definition) is 1. The molecule has 3 nitrogen and oxygen atoms in total. The summed E-state index contributed by atoms with van der Waals surface area (Å²) in [7, 11) is -3.13. The van der Waals surface area contributed by atoms with Crippen LogP contribution in [0.4, 0.5) is 0 Å². The number of hydrogen-bond acceptors (Lipinski definition) is 2. The van der Waals surface area contributed by atoms with Gasteiger partial charge in [0.05, 0.1) is 5.25 Å². The van der Waals surface area contributed by atoms with Crippen LogP contribution in [0.2, 0.25) is 0 Å². The topological polar surface area (TPSA) is 46.2 Å². The highest BCUT2D eigenvalue weighted by molar-refractivity contribution is 7.90. The Morgan fingerprint density at radius 1 is 1.31 bits per heavy atom. The van der Waals surface area contributed by atoms with Crippen molar-refractivity contribution in [2.45, 2.75) is 63.2 Å². The van der Waals surface area contributed by atoms with Crippen LogP contribution in [0.3, 0.4) is 0 Å². The average Bonchev–Trinajstić information content (AvgIpc) is 2.29. The Bertz CT molecular complexity index is 286. The van der Waals surface area contributed by atoms with Crippen molar-refractivity contribution in [1.29, 1.82) is 0 Å². The number of halogens is 1. The summed E-state index contributed by atoms with van der Waals surface area (Å²) < 4.78 is 27.0. The molecule has 1 rings (SSSR count). The van der Waals surface area contributed by atoms with Crippen molar-refractivity contribution < 1.29 is 8.42 Å². The van der Waals surface area contributed by atoms with Crippen molar-refractivity contribution in [3.8, 4) is 0 Å². The Morgan fingerprint density at radius 2 is 1.94 bits per heavy atom. The summed E-state index contributed by atoms with van der Waals surface area (Å²) in [6.07, 6.45) is 6.39. The van der Waals surface area contributed by atoms with Gasteiger partial charge in [-0.2, -0.15) is 0 Å². The van der Waals surface area contributed by atoms with Crippen LogP contribution < -0.4 is 4.72 Å². The number of sulfonamides is 1. The van der Waals surface area contributed by atoms with Crippen molar-refractivity contribution >= 4 is 21.6 Å². The van der Waals surface area contributed by atoms with Gasteiger partial charge in [0.2, 0.25) is 10.0 Å². The van der Waals surface area contributed by atoms with Crippen LogP contribution in [0.25, 0.3) is 0 Å². The molecule has 1 unspecified atom stereocenters. The third kappa shape index (κ3) is 4.22. The van der Waals surface area contributed by atoms with Crippen molar-refractivity contribution in [3.05, 3.63) is 0 Å². The van der Waals surface area contributed by atoms with E-state index in [1.54, 1.807) is 0 Å². The van der Waals surface area contributed by atoms with Crippen LogP contribution in [-0.4, -0.2) is 25.6 Å². The Hall–Kier alpha value is 0.200. The molecule has 1 saturated carbocycles. The van der Waals surface area contributed by atoms with E-state index in [1.165, 1.54) is 6.42 Å². The Morgan fingerprint density at radius 3 is 2.44 bits per heavy atom. The van der Waals surface area contributed by atoms with Crippen LogP contribution in [0.1, 0.15) is 51.9 Å². The molecule has 0 heterocycles. The molecular weight excluding hydrogens is 246 g/mol. The molecule has 0 spiro atoms. The van der Waals surface area contributed by atoms with E-state index in [0.29, 0.717) is 12.3 Å². The first kappa shape index (κ1) is 14.3. The molecule has 0 aromatic heterocycles. The van der Waals surface area contributed by atoms with Gasteiger partial charge in [0.25, 0.3) is 0 Å². The highest BCUT2D eigenvalue weighted by atomic mass is 35.5. The minimum atomic E-state index is -3.13. The fourth-order valence-electron chi connectivity index (χ4n) is 2.18. The summed E-state index contributed by atoms with van der Waals surface area (Å²) in [6.45, 7) is 1.99. The lowest BCUT2D eigenvalue weighted by Gasteiger charge is -2.25. The van der Waals surface area contributed by atoms with Gasteiger partial charge in [-0.3, -0.25) is 0 Å². The van der Waals surface area contributed by atoms with Crippen LogP contribution in [0.5, 0.6) is 0 Å². The molecule has 0 bridgehead atoms. The summed E-state index contributed by atoms with van der Waals surface area (Å²) in [4.78, 5) is 0.